The topological polar surface area (TPSA) is 38.9 Å². The fraction of sp³-hybridized carbons (Fsp3) is 0.172. The number of nitrogens with zero attached hydrogens (tertiary/aromatic N) is 2. The van der Waals surface area contributed by atoms with Crippen LogP contribution in [-0.4, -0.2) is 9.97 Å². The zero-order valence-corrected chi connectivity index (χ0v) is 36.1. The summed E-state index contributed by atoms with van der Waals surface area (Å²) in [4.78, 5) is 10.4. The van der Waals surface area contributed by atoms with Crippen molar-refractivity contribution in [3.05, 3.63) is 186 Å². The van der Waals surface area contributed by atoms with Gasteiger partial charge in [0, 0.05) is 59.0 Å². The van der Waals surface area contributed by atoms with Crippen LogP contribution < -0.4 is 0 Å². The molecule has 0 aliphatic heterocycles. The summed E-state index contributed by atoms with van der Waals surface area (Å²) in [7, 11) is 0. The van der Waals surface area contributed by atoms with Crippen LogP contribution in [-0.2, 0) is 10.8 Å². The molecule has 7 aromatic carbocycles. The van der Waals surface area contributed by atoms with Crippen molar-refractivity contribution in [1.29, 1.82) is 0 Å². The Morgan fingerprint density at radius 3 is 2.21 bits per heavy atom. The molecule has 0 bridgehead atoms. The molecule has 0 amide bonds. The van der Waals surface area contributed by atoms with Gasteiger partial charge in [-0.25, -0.2) is 9.97 Å². The van der Waals surface area contributed by atoms with Gasteiger partial charge in [0.25, 0.3) is 0 Å². The molecule has 10 aromatic rings. The molecule has 3 nitrogen and oxygen atoms in total. The first-order valence-electron chi connectivity index (χ1n) is 22.0. The van der Waals surface area contributed by atoms with E-state index in [1.807, 2.05) is 29.5 Å². The molecule has 3 aromatic heterocycles. The van der Waals surface area contributed by atoms with Crippen molar-refractivity contribution in [3.63, 3.8) is 0 Å². The van der Waals surface area contributed by atoms with Gasteiger partial charge in [-0.1, -0.05) is 143 Å². The van der Waals surface area contributed by atoms with Crippen LogP contribution in [0.2, 0.25) is 0 Å². The average molecular weight is 817 g/mol. The summed E-state index contributed by atoms with van der Waals surface area (Å²) in [6.45, 7) is 9.81. The number of allylic oxidation sites excluding steroid dienone is 2. The van der Waals surface area contributed by atoms with Gasteiger partial charge in [-0.3, -0.25) is 0 Å². The van der Waals surface area contributed by atoms with Gasteiger partial charge in [-0.2, -0.15) is 0 Å². The summed E-state index contributed by atoms with van der Waals surface area (Å²) in [6.07, 6.45) is 4.94. The van der Waals surface area contributed by atoms with Gasteiger partial charge >= 0.3 is 0 Å². The lowest BCUT2D eigenvalue weighted by atomic mass is 9.70. The highest BCUT2D eigenvalue weighted by molar-refractivity contribution is 7.26. The predicted molar refractivity (Wildman–Crippen MR) is 259 cm³/mol. The number of hydrogen-bond donors (Lipinski definition) is 0. The maximum atomic E-state index is 6.32. The molecule has 13 rings (SSSR count). The van der Waals surface area contributed by atoms with Crippen LogP contribution in [0.3, 0.4) is 0 Å². The van der Waals surface area contributed by atoms with Crippen molar-refractivity contribution in [1.82, 2.24) is 9.97 Å². The number of furan rings is 1. The van der Waals surface area contributed by atoms with E-state index in [-0.39, 0.29) is 10.8 Å². The fourth-order valence-corrected chi connectivity index (χ4v) is 12.8. The van der Waals surface area contributed by atoms with Gasteiger partial charge in [0.05, 0.1) is 11.4 Å². The van der Waals surface area contributed by atoms with Crippen LogP contribution in [0, 0.1) is 5.92 Å². The normalized spacial score (nSPS) is 18.2. The molecule has 3 aliphatic rings. The Labute approximate surface area is 365 Å². The highest BCUT2D eigenvalue weighted by Gasteiger charge is 2.48. The monoisotopic (exact) mass is 816 g/mol. The van der Waals surface area contributed by atoms with Gasteiger partial charge in [-0.15, -0.1) is 11.3 Å². The minimum absolute atomic E-state index is 0.00544. The Kier molecular flexibility index (Phi) is 7.54. The Morgan fingerprint density at radius 1 is 0.548 bits per heavy atom. The summed E-state index contributed by atoms with van der Waals surface area (Å²) in [5, 5.41) is 4.81. The summed E-state index contributed by atoms with van der Waals surface area (Å²) in [5.74, 6) is 1.71. The molecule has 298 valence electrons. The van der Waals surface area contributed by atoms with E-state index >= 15 is 0 Å². The molecule has 62 heavy (non-hydrogen) atoms. The minimum atomic E-state index is -0.00544. The molecule has 3 heterocycles. The van der Waals surface area contributed by atoms with E-state index in [2.05, 4.69) is 167 Å². The summed E-state index contributed by atoms with van der Waals surface area (Å²) < 4.78 is 8.87. The Hall–Kier alpha value is -6.62. The molecule has 2 atom stereocenters. The summed E-state index contributed by atoms with van der Waals surface area (Å²) in [5.41, 5.74) is 18.4. The second-order valence-electron chi connectivity index (χ2n) is 18.9. The van der Waals surface area contributed by atoms with Gasteiger partial charge < -0.3 is 4.42 Å². The molecular formula is C58H44N2OS. The van der Waals surface area contributed by atoms with Gasteiger partial charge in [0.15, 0.2) is 5.82 Å². The van der Waals surface area contributed by atoms with Gasteiger partial charge in [-0.05, 0) is 111 Å². The zero-order valence-electron chi connectivity index (χ0n) is 35.3. The molecule has 0 saturated heterocycles. The third-order valence-corrected chi connectivity index (χ3v) is 16.1. The van der Waals surface area contributed by atoms with E-state index in [0.29, 0.717) is 17.7 Å². The Morgan fingerprint density at radius 2 is 1.31 bits per heavy atom. The highest BCUT2D eigenvalue weighted by Crippen LogP contribution is 2.60. The average Bonchev–Trinajstić information content (AvgIpc) is 4.00. The number of hydrogen-bond acceptors (Lipinski definition) is 4. The van der Waals surface area contributed by atoms with E-state index in [9.17, 15) is 0 Å². The van der Waals surface area contributed by atoms with Crippen LogP contribution in [0.15, 0.2) is 162 Å². The maximum Gasteiger partial charge on any atom is 0.160 e. The number of benzene rings is 7. The first-order valence-corrected chi connectivity index (χ1v) is 22.8. The number of aromatic nitrogens is 2. The SMILES string of the molecule is CC1(C)c2ccccc2-c2cc3c(cc21)C1C=C(c2ccc4sc5c(-c6cc(-c7ccc8c(c7)oc7ccccc78)nc(-c7ccccc7)n6)cccc5c4c2)CCC1C3(C)C. The molecule has 0 N–H and O–H groups in total. The maximum absolute atomic E-state index is 6.32. The summed E-state index contributed by atoms with van der Waals surface area (Å²) in [6, 6.07) is 55.3. The molecular weight excluding hydrogens is 773 g/mol. The third-order valence-electron chi connectivity index (χ3n) is 14.8. The molecule has 0 fully saturated rings. The van der Waals surface area contributed by atoms with E-state index < -0.39 is 0 Å². The predicted octanol–water partition coefficient (Wildman–Crippen LogP) is 15.9. The van der Waals surface area contributed by atoms with Crippen molar-refractivity contribution in [2.24, 2.45) is 5.92 Å². The quantitative estimate of drug-likeness (QED) is 0.178. The van der Waals surface area contributed by atoms with Crippen molar-refractivity contribution >= 4 is 59.0 Å². The lowest BCUT2D eigenvalue weighted by molar-refractivity contribution is 0.304. The highest BCUT2D eigenvalue weighted by atomic mass is 32.1. The second-order valence-corrected chi connectivity index (χ2v) is 19.9. The van der Waals surface area contributed by atoms with Crippen LogP contribution in [0.4, 0.5) is 0 Å². The minimum Gasteiger partial charge on any atom is -0.456 e. The molecule has 0 saturated carbocycles. The molecule has 3 aliphatic carbocycles. The van der Waals surface area contributed by atoms with E-state index in [1.54, 1.807) is 11.1 Å². The van der Waals surface area contributed by atoms with Crippen molar-refractivity contribution < 1.29 is 4.42 Å². The fourth-order valence-electron chi connectivity index (χ4n) is 11.6. The first kappa shape index (κ1) is 36.1. The van der Waals surface area contributed by atoms with E-state index in [1.165, 1.54) is 60.0 Å². The first-order chi connectivity index (χ1) is 30.2. The van der Waals surface area contributed by atoms with Crippen LogP contribution in [0.5, 0.6) is 0 Å². The van der Waals surface area contributed by atoms with Crippen molar-refractivity contribution in [3.8, 4) is 45.0 Å². The van der Waals surface area contributed by atoms with Crippen LogP contribution in [0.1, 0.15) is 74.3 Å². The van der Waals surface area contributed by atoms with Gasteiger partial charge in [0.2, 0.25) is 0 Å². The Bertz CT molecular complexity index is 3550. The number of fused-ring (bicyclic) bond motifs is 12. The lowest BCUT2D eigenvalue weighted by Gasteiger charge is -2.34. The largest absolute Gasteiger partial charge is 0.456 e. The number of para-hydroxylation sites is 1. The molecule has 0 spiro atoms. The summed E-state index contributed by atoms with van der Waals surface area (Å²) >= 11 is 1.86. The van der Waals surface area contributed by atoms with E-state index in [0.717, 1.165) is 56.4 Å². The second kappa shape index (κ2) is 13.0. The van der Waals surface area contributed by atoms with Crippen LogP contribution >= 0.6 is 11.3 Å². The lowest BCUT2D eigenvalue weighted by Crippen LogP contribution is -2.27. The molecule has 0 radical (unpaired) electrons. The standard InChI is InChI=1S/C58H44N2OS/c1-57(2)46-19-10-8-15-37(46)43-30-49-44(31-48(43)57)42-27-34(22-25-47(42)58(49,3)4)35-23-26-54-45(28-35)40-17-12-18-41(55(40)62-54)51-32-50(59-56(60-51)33-13-6-5-7-14-33)36-21-24-39-38-16-9-11-20-52(38)61-53(39)29-36/h5-21,23-24,26-32,42,47H,22,25H2,1-4H3. The van der Waals surface area contributed by atoms with Crippen molar-refractivity contribution in [2.45, 2.75) is 57.3 Å². The zero-order chi connectivity index (χ0) is 41.5. The van der Waals surface area contributed by atoms with Gasteiger partial charge in [0.1, 0.15) is 11.2 Å². The third kappa shape index (κ3) is 5.17. The molecule has 2 unspecified atom stereocenters. The number of rotatable bonds is 4. The number of thiophene rings is 1. The van der Waals surface area contributed by atoms with Crippen molar-refractivity contribution in [2.75, 3.05) is 0 Å². The molecule has 4 heteroatoms. The smallest absolute Gasteiger partial charge is 0.160 e. The Balaban J connectivity index is 0.911. The van der Waals surface area contributed by atoms with E-state index in [4.69, 9.17) is 14.4 Å². The van der Waals surface area contributed by atoms with Crippen LogP contribution in [0.25, 0.3) is 92.7 Å².